The van der Waals surface area contributed by atoms with E-state index in [4.69, 9.17) is 0 Å². The Balaban J connectivity index is 1.17. The van der Waals surface area contributed by atoms with Crippen molar-refractivity contribution in [3.05, 3.63) is 241 Å². The Morgan fingerprint density at radius 1 is 0.343 bits per heavy atom. The van der Waals surface area contributed by atoms with Gasteiger partial charge in [0, 0.05) is 34.2 Å². The lowest BCUT2D eigenvalue weighted by Gasteiger charge is -2.20. The molecule has 1 aliphatic heterocycles. The Morgan fingerprint density at radius 2 is 0.700 bits per heavy atom. The second kappa shape index (κ2) is 16.1. The molecule has 12 aromatic rings. The average molecular weight is 897 g/mol. The summed E-state index contributed by atoms with van der Waals surface area (Å²) in [5.41, 5.74) is 16.4. The molecule has 13 rings (SSSR count). The fraction of sp³-hybridized carbons (Fsp3) is 0.0156. The summed E-state index contributed by atoms with van der Waals surface area (Å²) < 4.78 is 4.60. The van der Waals surface area contributed by atoms with Gasteiger partial charge in [-0.3, -0.25) is 14.5 Å². The van der Waals surface area contributed by atoms with Crippen LogP contribution in [0.1, 0.15) is 26.3 Å². The summed E-state index contributed by atoms with van der Waals surface area (Å²) in [5, 5.41) is 15.6. The predicted octanol–water partition coefficient (Wildman–Crippen LogP) is 15.3. The van der Waals surface area contributed by atoms with Crippen LogP contribution in [0.5, 0.6) is 0 Å². The van der Waals surface area contributed by atoms with Crippen molar-refractivity contribution in [2.24, 2.45) is 0 Å². The Bertz CT molecular complexity index is 3970. The summed E-state index contributed by atoms with van der Waals surface area (Å²) >= 11 is 0. The first kappa shape index (κ1) is 40.7. The minimum Gasteiger partial charge on any atom is -0.307 e. The summed E-state index contributed by atoms with van der Waals surface area (Å²) in [4.78, 5) is 28.6. The molecule has 0 spiro atoms. The molecule has 0 unspecified atom stereocenters. The number of hydrogen-bond donors (Lipinski definition) is 0. The number of nitriles is 1. The first-order valence-corrected chi connectivity index (χ1v) is 23.4. The van der Waals surface area contributed by atoms with Gasteiger partial charge in [0.25, 0.3) is 11.8 Å². The van der Waals surface area contributed by atoms with Crippen LogP contribution in [0.4, 0.5) is 0 Å². The van der Waals surface area contributed by atoms with Crippen molar-refractivity contribution in [3.8, 4) is 73.1 Å². The van der Waals surface area contributed by atoms with Crippen molar-refractivity contribution in [2.45, 2.75) is 0 Å². The van der Waals surface area contributed by atoms with E-state index in [0.29, 0.717) is 27.8 Å². The van der Waals surface area contributed by atoms with Crippen molar-refractivity contribution >= 4 is 55.4 Å². The van der Waals surface area contributed by atoms with Gasteiger partial charge in [-0.1, -0.05) is 158 Å². The Kier molecular flexibility index (Phi) is 9.33. The SMILES string of the molecule is CN1C(=O)c2cccc(-c3cc(-n4c5ccc(-c6ccccc6)cc5c5cc(-c6ccccc6)ccc54)c(-n4c5ccc(-c6ccccc6)cc5c5cc(-c6ccccc6)ccc54)cc3C#N)c2C1=O. The molecule has 0 aliphatic carbocycles. The predicted molar refractivity (Wildman–Crippen MR) is 283 cm³/mol. The van der Waals surface area contributed by atoms with Crippen LogP contribution in [-0.2, 0) is 0 Å². The van der Waals surface area contributed by atoms with Crippen LogP contribution in [0.2, 0.25) is 0 Å². The molecule has 328 valence electrons. The molecule has 0 radical (unpaired) electrons. The maximum absolute atomic E-state index is 14.0. The van der Waals surface area contributed by atoms with Gasteiger partial charge in [-0.05, 0) is 117 Å². The lowest BCUT2D eigenvalue weighted by Crippen LogP contribution is -2.24. The molecular formula is C64H40N4O2. The molecule has 2 aromatic heterocycles. The third-order valence-electron chi connectivity index (χ3n) is 14.1. The molecule has 1 aliphatic rings. The molecule has 0 saturated heterocycles. The Morgan fingerprint density at radius 3 is 1.07 bits per heavy atom. The van der Waals surface area contributed by atoms with Crippen molar-refractivity contribution in [3.63, 3.8) is 0 Å². The van der Waals surface area contributed by atoms with Gasteiger partial charge >= 0.3 is 0 Å². The molecule has 10 aromatic carbocycles. The zero-order valence-corrected chi connectivity index (χ0v) is 38.0. The molecule has 0 bridgehead atoms. The number of hydrogen-bond acceptors (Lipinski definition) is 3. The number of rotatable bonds is 7. The van der Waals surface area contributed by atoms with Gasteiger partial charge < -0.3 is 9.13 Å². The lowest BCUT2D eigenvalue weighted by molar-refractivity contribution is 0.0693. The van der Waals surface area contributed by atoms with Gasteiger partial charge in [0.2, 0.25) is 0 Å². The Labute approximate surface area is 403 Å². The molecule has 6 nitrogen and oxygen atoms in total. The van der Waals surface area contributed by atoms with Crippen LogP contribution in [0.3, 0.4) is 0 Å². The van der Waals surface area contributed by atoms with Crippen LogP contribution >= 0.6 is 0 Å². The minimum atomic E-state index is -0.394. The molecule has 0 atom stereocenters. The van der Waals surface area contributed by atoms with E-state index in [1.165, 1.54) is 7.05 Å². The van der Waals surface area contributed by atoms with E-state index in [1.54, 1.807) is 12.1 Å². The van der Waals surface area contributed by atoms with Gasteiger partial charge in [0.05, 0.1) is 56.2 Å². The van der Waals surface area contributed by atoms with Crippen molar-refractivity contribution in [1.82, 2.24) is 14.0 Å². The third-order valence-corrected chi connectivity index (χ3v) is 14.1. The molecule has 0 saturated carbocycles. The second-order valence-electron chi connectivity index (χ2n) is 18.0. The first-order valence-electron chi connectivity index (χ1n) is 23.4. The summed E-state index contributed by atoms with van der Waals surface area (Å²) in [7, 11) is 1.51. The van der Waals surface area contributed by atoms with E-state index in [1.807, 2.05) is 36.4 Å². The largest absolute Gasteiger partial charge is 0.307 e. The van der Waals surface area contributed by atoms with E-state index in [9.17, 15) is 14.9 Å². The van der Waals surface area contributed by atoms with E-state index >= 15 is 0 Å². The van der Waals surface area contributed by atoms with Crippen molar-refractivity contribution in [1.29, 1.82) is 5.26 Å². The van der Waals surface area contributed by atoms with Gasteiger partial charge in [-0.15, -0.1) is 0 Å². The van der Waals surface area contributed by atoms with Crippen LogP contribution in [0, 0.1) is 11.3 Å². The van der Waals surface area contributed by atoms with Gasteiger partial charge in [0.15, 0.2) is 0 Å². The number of amides is 2. The highest BCUT2D eigenvalue weighted by Gasteiger charge is 2.36. The molecule has 0 fully saturated rings. The van der Waals surface area contributed by atoms with Crippen LogP contribution < -0.4 is 0 Å². The minimum absolute atomic E-state index is 0.297. The van der Waals surface area contributed by atoms with E-state index in [2.05, 4.69) is 191 Å². The number of imide groups is 1. The number of fused-ring (bicyclic) bond motifs is 7. The zero-order valence-electron chi connectivity index (χ0n) is 38.0. The fourth-order valence-electron chi connectivity index (χ4n) is 10.7. The third kappa shape index (κ3) is 6.33. The number of aromatic nitrogens is 2. The molecule has 0 N–H and O–H groups in total. The zero-order chi connectivity index (χ0) is 47.0. The highest BCUT2D eigenvalue weighted by atomic mass is 16.2. The standard InChI is InChI=1S/C64H40N4O2/c1-66-63(69)50-24-14-23-49(62(50)64(66)70)51-38-61(68-58-31-27-46(42-19-10-4-11-20-42)35-54(58)55-36-47(28-32-59(55)68)43-21-12-5-13-22-43)60(37-48(51)39-65)67-56-29-25-44(40-15-6-2-7-16-40)33-52(56)53-34-45(26-30-57(53)67)41-17-8-3-9-18-41/h2-38H,1H3. The number of carbonyl (C=O) groups excluding carboxylic acids is 2. The quantitative estimate of drug-likeness (QED) is 0.150. The number of carbonyl (C=O) groups is 2. The molecule has 70 heavy (non-hydrogen) atoms. The topological polar surface area (TPSA) is 71.0 Å². The highest BCUT2D eigenvalue weighted by Crippen LogP contribution is 2.45. The summed E-state index contributed by atoms with van der Waals surface area (Å²) in [6, 6.07) is 80.3. The monoisotopic (exact) mass is 896 g/mol. The normalized spacial score (nSPS) is 12.4. The molecular weight excluding hydrogens is 857 g/mol. The number of benzene rings is 10. The summed E-state index contributed by atoms with van der Waals surface area (Å²) in [6.45, 7) is 0. The summed E-state index contributed by atoms with van der Waals surface area (Å²) in [6.07, 6.45) is 0. The maximum Gasteiger partial charge on any atom is 0.261 e. The number of nitrogens with zero attached hydrogens (tertiary/aromatic N) is 4. The van der Waals surface area contributed by atoms with Gasteiger partial charge in [-0.25, -0.2) is 0 Å². The fourth-order valence-corrected chi connectivity index (χ4v) is 10.7. The van der Waals surface area contributed by atoms with E-state index < -0.39 is 5.91 Å². The highest BCUT2D eigenvalue weighted by molar-refractivity contribution is 6.24. The average Bonchev–Trinajstić information content (AvgIpc) is 4.01. The van der Waals surface area contributed by atoms with Crippen molar-refractivity contribution in [2.75, 3.05) is 7.05 Å². The van der Waals surface area contributed by atoms with Gasteiger partial charge in [-0.2, -0.15) is 5.26 Å². The maximum atomic E-state index is 14.0. The molecule has 3 heterocycles. The van der Waals surface area contributed by atoms with Crippen molar-refractivity contribution < 1.29 is 9.59 Å². The van der Waals surface area contributed by atoms with Crippen LogP contribution in [0.25, 0.3) is 111 Å². The van der Waals surface area contributed by atoms with Crippen LogP contribution in [0.15, 0.2) is 224 Å². The molecule has 6 heteroatoms. The van der Waals surface area contributed by atoms with E-state index in [-0.39, 0.29) is 5.91 Å². The summed E-state index contributed by atoms with van der Waals surface area (Å²) in [5.74, 6) is -0.757. The first-order chi connectivity index (χ1) is 34.4. The second-order valence-corrected chi connectivity index (χ2v) is 18.0. The van der Waals surface area contributed by atoms with E-state index in [0.717, 1.165) is 104 Å². The smallest absolute Gasteiger partial charge is 0.261 e. The Hall–Kier alpha value is -9.57. The van der Waals surface area contributed by atoms with Crippen LogP contribution in [-0.4, -0.2) is 32.9 Å². The molecule has 2 amide bonds. The lowest BCUT2D eigenvalue weighted by atomic mass is 9.92. The van der Waals surface area contributed by atoms with Gasteiger partial charge in [0.1, 0.15) is 0 Å².